The number of hydrogen-bond acceptors (Lipinski definition) is 3. The minimum Gasteiger partial charge on any atom is -0.314 e. The van der Waals surface area contributed by atoms with Crippen molar-refractivity contribution in [1.29, 1.82) is 0 Å². The fraction of sp³-hybridized carbons (Fsp3) is 1.00. The zero-order valence-corrected chi connectivity index (χ0v) is 13.2. The van der Waals surface area contributed by atoms with Crippen molar-refractivity contribution >= 4 is 0 Å². The van der Waals surface area contributed by atoms with E-state index in [0.29, 0.717) is 5.54 Å². The molecule has 0 bridgehead atoms. The molecule has 2 saturated heterocycles. The molecule has 2 heterocycles. The molecule has 2 aliphatic heterocycles. The smallest absolute Gasteiger partial charge is 0.0281 e. The van der Waals surface area contributed by atoms with E-state index in [1.165, 1.54) is 58.3 Å². The zero-order chi connectivity index (χ0) is 13.7. The molecule has 1 unspecified atom stereocenters. The summed E-state index contributed by atoms with van der Waals surface area (Å²) in [5.41, 5.74) is 0.319. The van der Waals surface area contributed by atoms with Gasteiger partial charge in [0.25, 0.3) is 0 Å². The molecular formula is C16H33N3. The third-order valence-corrected chi connectivity index (χ3v) is 5.03. The topological polar surface area (TPSA) is 18.5 Å². The Morgan fingerprint density at radius 3 is 2.47 bits per heavy atom. The van der Waals surface area contributed by atoms with Crippen molar-refractivity contribution in [3.8, 4) is 0 Å². The van der Waals surface area contributed by atoms with Gasteiger partial charge >= 0.3 is 0 Å². The van der Waals surface area contributed by atoms with E-state index in [4.69, 9.17) is 0 Å². The molecule has 1 N–H and O–H groups in total. The van der Waals surface area contributed by atoms with Gasteiger partial charge in [0.05, 0.1) is 0 Å². The van der Waals surface area contributed by atoms with Crippen LogP contribution in [0.2, 0.25) is 0 Å². The van der Waals surface area contributed by atoms with Crippen LogP contribution >= 0.6 is 0 Å². The van der Waals surface area contributed by atoms with Gasteiger partial charge in [-0.15, -0.1) is 0 Å². The summed E-state index contributed by atoms with van der Waals surface area (Å²) in [6.07, 6.45) is 6.99. The third-order valence-electron chi connectivity index (χ3n) is 5.03. The Labute approximate surface area is 119 Å². The van der Waals surface area contributed by atoms with Gasteiger partial charge < -0.3 is 5.32 Å². The zero-order valence-electron chi connectivity index (χ0n) is 13.2. The Morgan fingerprint density at radius 1 is 1.05 bits per heavy atom. The lowest BCUT2D eigenvalue weighted by Crippen LogP contribution is -2.58. The third kappa shape index (κ3) is 4.17. The first-order valence-corrected chi connectivity index (χ1v) is 8.33. The van der Waals surface area contributed by atoms with Crippen molar-refractivity contribution in [2.24, 2.45) is 0 Å². The van der Waals surface area contributed by atoms with Gasteiger partial charge in [0.15, 0.2) is 0 Å². The largest absolute Gasteiger partial charge is 0.314 e. The standard InChI is InChI=1S/C16H33N3/c1-4-15-8-6-5-7-11-18(15)14-16(2,3)19-12-9-17-10-13-19/h15,17H,4-14H2,1-3H3. The highest BCUT2D eigenvalue weighted by Crippen LogP contribution is 2.24. The van der Waals surface area contributed by atoms with Gasteiger partial charge in [-0.2, -0.15) is 0 Å². The first kappa shape index (κ1) is 15.3. The normalized spacial score (nSPS) is 28.3. The summed E-state index contributed by atoms with van der Waals surface area (Å²) in [4.78, 5) is 5.47. The van der Waals surface area contributed by atoms with E-state index >= 15 is 0 Å². The number of likely N-dealkylation sites (tertiary alicyclic amines) is 1. The Hall–Kier alpha value is -0.120. The van der Waals surface area contributed by atoms with Crippen LogP contribution in [0.1, 0.15) is 52.9 Å². The lowest BCUT2D eigenvalue weighted by atomic mass is 9.98. The van der Waals surface area contributed by atoms with E-state index in [9.17, 15) is 0 Å². The van der Waals surface area contributed by atoms with E-state index in [-0.39, 0.29) is 0 Å². The Morgan fingerprint density at radius 2 is 1.79 bits per heavy atom. The van der Waals surface area contributed by atoms with Crippen LogP contribution in [-0.2, 0) is 0 Å². The van der Waals surface area contributed by atoms with Gasteiger partial charge in [-0.1, -0.05) is 19.8 Å². The highest BCUT2D eigenvalue weighted by molar-refractivity contribution is 4.89. The lowest BCUT2D eigenvalue weighted by molar-refractivity contribution is 0.0468. The molecule has 2 rings (SSSR count). The molecule has 1 atom stereocenters. The van der Waals surface area contributed by atoms with E-state index < -0.39 is 0 Å². The maximum Gasteiger partial charge on any atom is 0.0281 e. The predicted molar refractivity (Wildman–Crippen MR) is 82.6 cm³/mol. The number of nitrogens with one attached hydrogen (secondary N) is 1. The number of nitrogens with zero attached hydrogens (tertiary/aromatic N) is 2. The second-order valence-corrected chi connectivity index (χ2v) is 6.93. The molecule has 0 aromatic rings. The van der Waals surface area contributed by atoms with Crippen LogP contribution in [0, 0.1) is 0 Å². The van der Waals surface area contributed by atoms with Gasteiger partial charge in [0.1, 0.15) is 0 Å². The van der Waals surface area contributed by atoms with E-state index in [1.807, 2.05) is 0 Å². The number of hydrogen-bond donors (Lipinski definition) is 1. The summed E-state index contributed by atoms with van der Waals surface area (Å²) in [5.74, 6) is 0. The van der Waals surface area contributed by atoms with Crippen LogP contribution in [-0.4, -0.2) is 60.6 Å². The van der Waals surface area contributed by atoms with Gasteiger partial charge in [0, 0.05) is 44.3 Å². The molecule has 19 heavy (non-hydrogen) atoms. The monoisotopic (exact) mass is 267 g/mol. The SMILES string of the molecule is CCC1CCCCCN1CC(C)(C)N1CCNCC1. The molecule has 3 heteroatoms. The van der Waals surface area contributed by atoms with E-state index in [2.05, 4.69) is 35.9 Å². The van der Waals surface area contributed by atoms with Crippen LogP contribution in [0.15, 0.2) is 0 Å². The first-order valence-electron chi connectivity index (χ1n) is 8.33. The van der Waals surface area contributed by atoms with Crippen molar-refractivity contribution < 1.29 is 0 Å². The molecule has 0 aliphatic carbocycles. The summed E-state index contributed by atoms with van der Waals surface area (Å²) in [5, 5.41) is 3.47. The summed E-state index contributed by atoms with van der Waals surface area (Å²) >= 11 is 0. The Bertz CT molecular complexity index is 259. The predicted octanol–water partition coefficient (Wildman–Crippen LogP) is 2.32. The van der Waals surface area contributed by atoms with Crippen LogP contribution < -0.4 is 5.32 Å². The average molecular weight is 267 g/mol. The summed E-state index contributed by atoms with van der Waals surface area (Å²) < 4.78 is 0. The summed E-state index contributed by atoms with van der Waals surface area (Å²) in [6, 6.07) is 0.824. The minimum absolute atomic E-state index is 0.319. The second kappa shape index (κ2) is 7.05. The number of rotatable bonds is 4. The Balaban J connectivity index is 1.95. The maximum absolute atomic E-state index is 3.47. The van der Waals surface area contributed by atoms with Crippen molar-refractivity contribution in [2.75, 3.05) is 39.3 Å². The fourth-order valence-corrected chi connectivity index (χ4v) is 3.77. The van der Waals surface area contributed by atoms with Crippen molar-refractivity contribution in [1.82, 2.24) is 15.1 Å². The molecule has 3 nitrogen and oxygen atoms in total. The summed E-state index contributed by atoms with van der Waals surface area (Å²) in [6.45, 7) is 14.5. The molecule has 2 aliphatic rings. The van der Waals surface area contributed by atoms with Crippen molar-refractivity contribution in [3.63, 3.8) is 0 Å². The number of piperazine rings is 1. The molecular weight excluding hydrogens is 234 g/mol. The van der Waals surface area contributed by atoms with Crippen LogP contribution in [0.3, 0.4) is 0 Å². The second-order valence-electron chi connectivity index (χ2n) is 6.93. The first-order chi connectivity index (χ1) is 9.13. The minimum atomic E-state index is 0.319. The van der Waals surface area contributed by atoms with Gasteiger partial charge in [-0.05, 0) is 39.7 Å². The Kier molecular flexibility index (Phi) is 5.67. The van der Waals surface area contributed by atoms with Gasteiger partial charge in [-0.3, -0.25) is 9.80 Å². The van der Waals surface area contributed by atoms with Gasteiger partial charge in [-0.25, -0.2) is 0 Å². The highest BCUT2D eigenvalue weighted by atomic mass is 15.3. The van der Waals surface area contributed by atoms with E-state index in [1.54, 1.807) is 0 Å². The molecule has 0 radical (unpaired) electrons. The van der Waals surface area contributed by atoms with Crippen molar-refractivity contribution in [3.05, 3.63) is 0 Å². The highest BCUT2D eigenvalue weighted by Gasteiger charge is 2.32. The van der Waals surface area contributed by atoms with E-state index in [0.717, 1.165) is 19.1 Å². The molecule has 0 spiro atoms. The van der Waals surface area contributed by atoms with Crippen molar-refractivity contribution in [2.45, 2.75) is 64.5 Å². The molecule has 0 aromatic carbocycles. The quantitative estimate of drug-likeness (QED) is 0.843. The van der Waals surface area contributed by atoms with Gasteiger partial charge in [0.2, 0.25) is 0 Å². The summed E-state index contributed by atoms with van der Waals surface area (Å²) in [7, 11) is 0. The van der Waals surface area contributed by atoms with Crippen LogP contribution in [0.25, 0.3) is 0 Å². The van der Waals surface area contributed by atoms with Crippen LogP contribution in [0.4, 0.5) is 0 Å². The lowest BCUT2D eigenvalue weighted by Gasteiger charge is -2.45. The molecule has 2 fully saturated rings. The molecule has 0 aromatic heterocycles. The maximum atomic E-state index is 3.47. The van der Waals surface area contributed by atoms with Crippen LogP contribution in [0.5, 0.6) is 0 Å². The molecule has 112 valence electrons. The molecule has 0 saturated carbocycles. The fourth-order valence-electron chi connectivity index (χ4n) is 3.77. The molecule has 0 amide bonds. The average Bonchev–Trinajstić information content (AvgIpc) is 2.64.